The zero-order valence-corrected chi connectivity index (χ0v) is 38.6. The Morgan fingerprint density at radius 1 is 0.254 bits per heavy atom. The number of hydrogen-bond acceptors (Lipinski definition) is 2. The Labute approximate surface area is 411 Å². The summed E-state index contributed by atoms with van der Waals surface area (Å²) in [5, 5.41) is 9.86. The Morgan fingerprint density at radius 3 is 1.38 bits per heavy atom. The van der Waals surface area contributed by atoms with Crippen LogP contribution in [0, 0.1) is 0 Å². The van der Waals surface area contributed by atoms with Crippen LogP contribution in [-0.4, -0.2) is 9.97 Å². The molecule has 13 aromatic rings. The number of benzene rings is 12. The fourth-order valence-electron chi connectivity index (χ4n) is 12.4. The van der Waals surface area contributed by atoms with Crippen molar-refractivity contribution >= 4 is 43.1 Å². The lowest BCUT2D eigenvalue weighted by Crippen LogP contribution is -2.25. The Morgan fingerprint density at radius 2 is 0.718 bits per heavy atom. The first kappa shape index (κ1) is 39.7. The fourth-order valence-corrected chi connectivity index (χ4v) is 12.4. The summed E-state index contributed by atoms with van der Waals surface area (Å²) in [6.45, 7) is 0. The summed E-state index contributed by atoms with van der Waals surface area (Å²) in [4.78, 5) is 10.6. The maximum Gasteiger partial charge on any atom is 0.160 e. The predicted octanol–water partition coefficient (Wildman–Crippen LogP) is 17.8. The van der Waals surface area contributed by atoms with Crippen molar-refractivity contribution in [2.24, 2.45) is 0 Å². The van der Waals surface area contributed by atoms with E-state index >= 15 is 0 Å². The van der Waals surface area contributed by atoms with Gasteiger partial charge < -0.3 is 0 Å². The fraction of sp³-hybridized carbons (Fsp3) is 0.0145. The molecule has 2 aliphatic carbocycles. The molecule has 0 saturated carbocycles. The van der Waals surface area contributed by atoms with E-state index in [1.54, 1.807) is 0 Å². The van der Waals surface area contributed by atoms with Crippen molar-refractivity contribution in [3.8, 4) is 78.4 Å². The van der Waals surface area contributed by atoms with Crippen molar-refractivity contribution in [1.29, 1.82) is 0 Å². The molecular formula is C69H42N2. The summed E-state index contributed by atoms with van der Waals surface area (Å²) in [6, 6.07) is 93.5. The van der Waals surface area contributed by atoms with Crippen LogP contribution >= 0.6 is 0 Å². The van der Waals surface area contributed by atoms with E-state index < -0.39 is 5.41 Å². The minimum atomic E-state index is -0.395. The van der Waals surface area contributed by atoms with Gasteiger partial charge in [-0.2, -0.15) is 0 Å². The van der Waals surface area contributed by atoms with Crippen LogP contribution in [0.5, 0.6) is 0 Å². The van der Waals surface area contributed by atoms with Crippen molar-refractivity contribution in [2.45, 2.75) is 5.41 Å². The highest BCUT2D eigenvalue weighted by atomic mass is 14.9. The molecule has 0 fully saturated rings. The largest absolute Gasteiger partial charge is 0.228 e. The minimum absolute atomic E-state index is 0.395. The number of nitrogens with zero attached hydrogens (tertiary/aromatic N) is 2. The van der Waals surface area contributed by atoms with Crippen LogP contribution in [0.15, 0.2) is 255 Å². The molecule has 2 aliphatic rings. The monoisotopic (exact) mass is 898 g/mol. The van der Waals surface area contributed by atoms with Gasteiger partial charge in [0.25, 0.3) is 0 Å². The van der Waals surface area contributed by atoms with E-state index in [4.69, 9.17) is 9.97 Å². The van der Waals surface area contributed by atoms with E-state index in [1.165, 1.54) is 104 Å². The summed E-state index contributed by atoms with van der Waals surface area (Å²) in [6.07, 6.45) is 0. The highest BCUT2D eigenvalue weighted by molar-refractivity contribution is 6.28. The van der Waals surface area contributed by atoms with Crippen molar-refractivity contribution in [3.63, 3.8) is 0 Å². The van der Waals surface area contributed by atoms with Gasteiger partial charge in [0.05, 0.1) is 16.8 Å². The highest BCUT2D eigenvalue weighted by Gasteiger charge is 2.51. The van der Waals surface area contributed by atoms with Crippen LogP contribution in [0.1, 0.15) is 22.3 Å². The van der Waals surface area contributed by atoms with E-state index in [2.05, 4.69) is 249 Å². The predicted molar refractivity (Wildman–Crippen MR) is 296 cm³/mol. The normalized spacial score (nSPS) is 12.9. The summed E-state index contributed by atoms with van der Waals surface area (Å²) in [7, 11) is 0. The van der Waals surface area contributed by atoms with Crippen molar-refractivity contribution in [1.82, 2.24) is 9.97 Å². The first-order valence-electron chi connectivity index (χ1n) is 24.6. The van der Waals surface area contributed by atoms with Gasteiger partial charge in [0, 0.05) is 16.7 Å². The van der Waals surface area contributed by atoms with Crippen LogP contribution in [0.4, 0.5) is 0 Å². The summed E-state index contributed by atoms with van der Waals surface area (Å²) >= 11 is 0. The third kappa shape index (κ3) is 5.83. The first-order valence-corrected chi connectivity index (χ1v) is 24.6. The van der Waals surface area contributed by atoms with Gasteiger partial charge in [0.1, 0.15) is 0 Å². The van der Waals surface area contributed by atoms with Gasteiger partial charge >= 0.3 is 0 Å². The molecule has 2 heteroatoms. The average Bonchev–Trinajstić information content (AvgIpc) is 3.92. The molecule has 71 heavy (non-hydrogen) atoms. The number of hydrogen-bond donors (Lipinski definition) is 0. The third-order valence-corrected chi connectivity index (χ3v) is 15.5. The summed E-state index contributed by atoms with van der Waals surface area (Å²) in [5.74, 6) is 0.703. The van der Waals surface area contributed by atoms with Gasteiger partial charge in [-0.1, -0.05) is 231 Å². The second kappa shape index (κ2) is 15.4. The molecule has 0 saturated heterocycles. The molecule has 1 spiro atoms. The third-order valence-electron chi connectivity index (χ3n) is 15.5. The van der Waals surface area contributed by atoms with Gasteiger partial charge in [0.2, 0.25) is 0 Å². The molecule has 0 aliphatic heterocycles. The Kier molecular flexibility index (Phi) is 8.61. The standard InChI is InChI=1S/C69H42N2/c1-3-18-44(19-4-1)65-55-26-9-10-27-56(55)66(67-51-22-8-7-17-43(51)35-37-57(65)67)50-34-32-46-39-48(33-31-47(46)40-50)63-42-64(71-68(70-63)45-20-5-2-6-21-45)49-36-38-62-58(41-49)54-25-13-16-30-61(54)69(62)59-28-14-11-23-52(59)53-24-12-15-29-60(53)69/h1-42H. The van der Waals surface area contributed by atoms with Crippen LogP contribution in [0.3, 0.4) is 0 Å². The molecule has 1 aromatic heterocycles. The van der Waals surface area contributed by atoms with Crippen molar-refractivity contribution in [2.75, 3.05) is 0 Å². The second-order valence-corrected chi connectivity index (χ2v) is 19.1. The minimum Gasteiger partial charge on any atom is -0.228 e. The average molecular weight is 899 g/mol. The van der Waals surface area contributed by atoms with Gasteiger partial charge in [-0.3, -0.25) is 0 Å². The van der Waals surface area contributed by atoms with E-state index in [0.717, 1.165) is 33.5 Å². The zero-order valence-electron chi connectivity index (χ0n) is 38.6. The molecule has 2 nitrogen and oxygen atoms in total. The maximum absolute atomic E-state index is 5.33. The van der Waals surface area contributed by atoms with E-state index in [9.17, 15) is 0 Å². The van der Waals surface area contributed by atoms with Gasteiger partial charge in [-0.15, -0.1) is 0 Å². The van der Waals surface area contributed by atoms with Crippen LogP contribution in [-0.2, 0) is 5.41 Å². The topological polar surface area (TPSA) is 25.8 Å². The van der Waals surface area contributed by atoms with Crippen molar-refractivity contribution < 1.29 is 0 Å². The second-order valence-electron chi connectivity index (χ2n) is 19.1. The molecule has 0 unspecified atom stereocenters. The number of rotatable bonds is 5. The summed E-state index contributed by atoms with van der Waals surface area (Å²) in [5.41, 5.74) is 19.9. The maximum atomic E-state index is 5.33. The molecule has 0 bridgehead atoms. The van der Waals surface area contributed by atoms with E-state index in [-0.39, 0.29) is 0 Å². The smallest absolute Gasteiger partial charge is 0.160 e. The summed E-state index contributed by atoms with van der Waals surface area (Å²) < 4.78 is 0. The lowest BCUT2D eigenvalue weighted by molar-refractivity contribution is 0.794. The van der Waals surface area contributed by atoms with Crippen LogP contribution < -0.4 is 0 Å². The molecule has 0 radical (unpaired) electrons. The Balaban J connectivity index is 0.887. The van der Waals surface area contributed by atoms with Crippen LogP contribution in [0.2, 0.25) is 0 Å². The Bertz CT molecular complexity index is 4290. The lowest BCUT2D eigenvalue weighted by atomic mass is 9.70. The molecule has 0 N–H and O–H groups in total. The van der Waals surface area contributed by atoms with E-state index in [1.807, 2.05) is 6.07 Å². The molecule has 0 amide bonds. The molecule has 15 rings (SSSR count). The lowest BCUT2D eigenvalue weighted by Gasteiger charge is -2.30. The SMILES string of the molecule is c1ccc(-c2nc(-c3ccc4c(c3)-c3ccccc3C43c4ccccc4-c4ccccc43)cc(-c3ccc4cc(-c5c6ccccc6c(-c6ccccc6)c6ccc7ccccc7c56)ccc4c3)n2)cc1. The first-order chi connectivity index (χ1) is 35.2. The highest BCUT2D eigenvalue weighted by Crippen LogP contribution is 2.63. The van der Waals surface area contributed by atoms with Gasteiger partial charge in [-0.25, -0.2) is 9.97 Å². The molecule has 0 atom stereocenters. The van der Waals surface area contributed by atoms with Crippen molar-refractivity contribution in [3.05, 3.63) is 277 Å². The Hall–Kier alpha value is -9.24. The van der Waals surface area contributed by atoms with Gasteiger partial charge in [0.15, 0.2) is 5.82 Å². The molecule has 1 heterocycles. The molecule has 12 aromatic carbocycles. The zero-order chi connectivity index (χ0) is 46.6. The quantitative estimate of drug-likeness (QED) is 0.127. The molecule has 328 valence electrons. The number of fused-ring (bicyclic) bond motifs is 15. The molecular weight excluding hydrogens is 857 g/mol. The van der Waals surface area contributed by atoms with Gasteiger partial charge in [-0.05, 0) is 134 Å². The number of aromatic nitrogens is 2. The van der Waals surface area contributed by atoms with Crippen LogP contribution in [0.25, 0.3) is 122 Å². The van der Waals surface area contributed by atoms with E-state index in [0.29, 0.717) is 5.82 Å².